The third-order valence-corrected chi connectivity index (χ3v) is 7.19. The molecule has 4 aliphatic rings. The molecule has 1 fully saturated rings. The predicted molar refractivity (Wildman–Crippen MR) is 132 cm³/mol. The van der Waals surface area contributed by atoms with E-state index in [0.717, 1.165) is 47.8 Å². The van der Waals surface area contributed by atoms with Crippen molar-refractivity contribution in [3.63, 3.8) is 0 Å². The van der Waals surface area contributed by atoms with Crippen molar-refractivity contribution in [1.29, 1.82) is 0 Å². The molecule has 0 amide bonds. The number of carbonyl (C=O) groups is 1. The molecule has 9 heteroatoms. The highest BCUT2D eigenvalue weighted by atomic mass is 35.5. The third-order valence-electron chi connectivity index (χ3n) is 6.89. The highest BCUT2D eigenvalue weighted by Gasteiger charge is 2.43. The van der Waals surface area contributed by atoms with Gasteiger partial charge in [0.15, 0.2) is 6.04 Å². The highest BCUT2D eigenvalue weighted by Crippen LogP contribution is 2.40. The first-order chi connectivity index (χ1) is 16.7. The van der Waals surface area contributed by atoms with Crippen LogP contribution in [0.3, 0.4) is 0 Å². The van der Waals surface area contributed by atoms with Gasteiger partial charge in [-0.05, 0) is 83.1 Å². The number of fused-ring (bicyclic) bond motifs is 1. The van der Waals surface area contributed by atoms with Crippen LogP contribution in [0.15, 0.2) is 57.8 Å². The number of nitrogens with one attached hydrogen (secondary N) is 1. The summed E-state index contributed by atoms with van der Waals surface area (Å²) in [6.45, 7) is 5.62. The van der Waals surface area contributed by atoms with E-state index in [-0.39, 0.29) is 23.7 Å². The second kappa shape index (κ2) is 9.30. The summed E-state index contributed by atoms with van der Waals surface area (Å²) in [7, 11) is 0. The maximum atomic E-state index is 14.3. The largest absolute Gasteiger partial charge is 0.458 e. The van der Waals surface area contributed by atoms with E-state index in [2.05, 4.69) is 10.3 Å². The fourth-order valence-corrected chi connectivity index (χ4v) is 5.52. The van der Waals surface area contributed by atoms with Crippen molar-refractivity contribution >= 4 is 23.9 Å². The zero-order valence-corrected chi connectivity index (χ0v) is 21.1. The number of pyridine rings is 1. The Morgan fingerprint density at radius 3 is 2.71 bits per heavy atom. The summed E-state index contributed by atoms with van der Waals surface area (Å²) in [6, 6.07) is 2.62. The zero-order valence-electron chi connectivity index (χ0n) is 20.3. The smallest absolute Gasteiger partial charge is 0.334 e. The first-order valence-corrected chi connectivity index (χ1v) is 12.6. The Morgan fingerprint density at radius 2 is 2.00 bits per heavy atom. The lowest BCUT2D eigenvalue weighted by Gasteiger charge is -2.36. The number of carbonyl (C=O) groups excluding carboxylic acids is 1. The molecule has 0 saturated heterocycles. The van der Waals surface area contributed by atoms with Crippen molar-refractivity contribution in [1.82, 2.24) is 20.2 Å². The molecule has 0 aromatic carbocycles. The van der Waals surface area contributed by atoms with Crippen LogP contribution in [0.25, 0.3) is 0 Å². The first kappa shape index (κ1) is 23.9. The molecule has 0 radical (unpaired) electrons. The SMILES string of the molecule is CC(C)(C)OC(=O)C1C2=C(C=C(Cl)CC2)NC=C2N1C=NN2C1CCC(c2ncccc2F)CC1. The Hall–Kier alpha value is -2.87. The van der Waals surface area contributed by atoms with Crippen LogP contribution in [0.2, 0.25) is 0 Å². The van der Waals surface area contributed by atoms with Gasteiger partial charge in [0.05, 0.1) is 11.7 Å². The lowest BCUT2D eigenvalue weighted by Crippen LogP contribution is -2.45. The van der Waals surface area contributed by atoms with E-state index in [4.69, 9.17) is 21.4 Å². The van der Waals surface area contributed by atoms with E-state index in [1.54, 1.807) is 18.6 Å². The lowest BCUT2D eigenvalue weighted by atomic mass is 9.83. The molecule has 186 valence electrons. The van der Waals surface area contributed by atoms with Crippen molar-refractivity contribution in [3.05, 3.63) is 64.2 Å². The molecule has 1 unspecified atom stereocenters. The number of esters is 1. The number of hydrazone groups is 1. The highest BCUT2D eigenvalue weighted by molar-refractivity contribution is 6.29. The molecule has 1 aromatic rings. The van der Waals surface area contributed by atoms with E-state index in [9.17, 15) is 9.18 Å². The second-order valence-electron chi connectivity index (χ2n) is 10.5. The molecule has 5 rings (SSSR count). The van der Waals surface area contributed by atoms with Crippen molar-refractivity contribution in [3.8, 4) is 0 Å². The predicted octanol–water partition coefficient (Wildman–Crippen LogP) is 5.09. The molecule has 3 heterocycles. The first-order valence-electron chi connectivity index (χ1n) is 12.2. The van der Waals surface area contributed by atoms with Crippen molar-refractivity contribution in [2.45, 2.75) is 82.9 Å². The minimum atomic E-state index is -0.626. The number of ether oxygens (including phenoxy) is 1. The normalized spacial score (nSPS) is 26.4. The Labute approximate surface area is 210 Å². The molecule has 35 heavy (non-hydrogen) atoms. The standard InChI is InChI=1S/C26H31ClFN5O2/c1-26(2,3)35-25(34)24-19-11-8-17(27)13-21(19)30-14-22-32(24)15-31-33(22)18-9-6-16(7-10-18)23-20(28)5-4-12-29-23/h4-5,12-16,18,24,30H,6-11H2,1-3H3. The van der Waals surface area contributed by atoms with Crippen molar-refractivity contribution < 1.29 is 13.9 Å². The summed E-state index contributed by atoms with van der Waals surface area (Å²) in [6.07, 6.45) is 11.9. The summed E-state index contributed by atoms with van der Waals surface area (Å²) < 4.78 is 20.1. The number of allylic oxidation sites excluding steroid dienone is 2. The second-order valence-corrected chi connectivity index (χ2v) is 11.0. The molecule has 0 bridgehead atoms. The van der Waals surface area contributed by atoms with Gasteiger partial charge in [0, 0.05) is 29.0 Å². The Kier molecular flexibility index (Phi) is 6.34. The molecular formula is C26H31ClFN5O2. The monoisotopic (exact) mass is 499 g/mol. The summed E-state index contributed by atoms with van der Waals surface area (Å²) in [5, 5.41) is 10.8. The van der Waals surface area contributed by atoms with Gasteiger partial charge in [-0.3, -0.25) is 9.88 Å². The molecule has 2 aliphatic carbocycles. The average Bonchev–Trinajstić information content (AvgIpc) is 3.14. The van der Waals surface area contributed by atoms with Crippen LogP contribution < -0.4 is 5.32 Å². The Balaban J connectivity index is 1.38. The molecule has 1 atom stereocenters. The van der Waals surface area contributed by atoms with E-state index < -0.39 is 11.6 Å². The van der Waals surface area contributed by atoms with Crippen molar-refractivity contribution in [2.75, 3.05) is 0 Å². The number of nitrogens with zero attached hydrogens (tertiary/aromatic N) is 4. The van der Waals surface area contributed by atoms with Crippen LogP contribution in [0.4, 0.5) is 4.39 Å². The van der Waals surface area contributed by atoms with Gasteiger partial charge >= 0.3 is 5.97 Å². The number of halogens is 2. The maximum Gasteiger partial charge on any atom is 0.334 e. The summed E-state index contributed by atoms with van der Waals surface area (Å²) in [4.78, 5) is 19.6. The van der Waals surface area contributed by atoms with Gasteiger partial charge in [0.25, 0.3) is 0 Å². The van der Waals surface area contributed by atoms with Crippen LogP contribution in [0.5, 0.6) is 0 Å². The van der Waals surface area contributed by atoms with E-state index in [0.29, 0.717) is 18.5 Å². The molecular weight excluding hydrogens is 469 g/mol. The summed E-state index contributed by atoms with van der Waals surface area (Å²) in [5.41, 5.74) is 1.72. The molecule has 1 aromatic heterocycles. The van der Waals surface area contributed by atoms with E-state index >= 15 is 0 Å². The fraction of sp³-hybridized carbons (Fsp3) is 0.500. The molecule has 1 N–H and O–H groups in total. The lowest BCUT2D eigenvalue weighted by molar-refractivity contribution is -0.158. The van der Waals surface area contributed by atoms with Gasteiger partial charge in [0.1, 0.15) is 23.6 Å². The maximum absolute atomic E-state index is 14.3. The van der Waals surface area contributed by atoms with Gasteiger partial charge < -0.3 is 10.1 Å². The van der Waals surface area contributed by atoms with Gasteiger partial charge in [-0.1, -0.05) is 11.6 Å². The number of hydrogen-bond donors (Lipinski definition) is 1. The van der Waals surface area contributed by atoms with Gasteiger partial charge in [-0.25, -0.2) is 14.2 Å². The van der Waals surface area contributed by atoms with Crippen LogP contribution in [-0.4, -0.2) is 44.9 Å². The van der Waals surface area contributed by atoms with E-state index in [1.807, 2.05) is 43.0 Å². The summed E-state index contributed by atoms with van der Waals surface area (Å²) >= 11 is 6.34. The topological polar surface area (TPSA) is 70.1 Å². The Bertz CT molecular complexity index is 1130. The summed E-state index contributed by atoms with van der Waals surface area (Å²) in [5.74, 6) is 0.355. The van der Waals surface area contributed by atoms with Crippen LogP contribution in [0.1, 0.15) is 70.9 Å². The Morgan fingerprint density at radius 1 is 1.23 bits per heavy atom. The number of rotatable bonds is 3. The van der Waals surface area contributed by atoms with E-state index in [1.165, 1.54) is 6.07 Å². The molecule has 7 nitrogen and oxygen atoms in total. The quantitative estimate of drug-likeness (QED) is 0.584. The molecule has 0 spiro atoms. The van der Waals surface area contributed by atoms with Crippen LogP contribution >= 0.6 is 11.6 Å². The number of aromatic nitrogens is 1. The molecule has 2 aliphatic heterocycles. The van der Waals surface area contributed by atoms with Gasteiger partial charge in [-0.15, -0.1) is 0 Å². The van der Waals surface area contributed by atoms with Crippen LogP contribution in [0, 0.1) is 5.82 Å². The minimum absolute atomic E-state index is 0.104. The minimum Gasteiger partial charge on any atom is -0.458 e. The van der Waals surface area contributed by atoms with Gasteiger partial charge in [-0.2, -0.15) is 5.10 Å². The zero-order chi connectivity index (χ0) is 24.7. The molecule has 1 saturated carbocycles. The fourth-order valence-electron chi connectivity index (χ4n) is 5.31. The third kappa shape index (κ3) is 4.81. The van der Waals surface area contributed by atoms with Crippen molar-refractivity contribution in [2.24, 2.45) is 5.10 Å². The average molecular weight is 500 g/mol. The van der Waals surface area contributed by atoms with Gasteiger partial charge in [0.2, 0.25) is 0 Å². The van der Waals surface area contributed by atoms with Crippen LogP contribution in [-0.2, 0) is 9.53 Å². The number of hydrogen-bond acceptors (Lipinski definition) is 7.